The largest absolute Gasteiger partial charge is 0.351 e. The molecular formula is C18H22FN3O2. The Bertz CT molecular complexity index is 678. The van der Waals surface area contributed by atoms with Crippen molar-refractivity contribution < 1.29 is 14.0 Å². The third kappa shape index (κ3) is 2.79. The van der Waals surface area contributed by atoms with Gasteiger partial charge < -0.3 is 10.6 Å². The average Bonchev–Trinajstić information content (AvgIpc) is 2.97. The molecule has 3 aliphatic heterocycles. The summed E-state index contributed by atoms with van der Waals surface area (Å²) in [5.74, 6) is -1.30. The Balaban J connectivity index is 1.52. The van der Waals surface area contributed by atoms with Gasteiger partial charge >= 0.3 is 0 Å². The summed E-state index contributed by atoms with van der Waals surface area (Å²) in [6.45, 7) is 2.15. The van der Waals surface area contributed by atoms with Crippen LogP contribution in [0.3, 0.4) is 0 Å². The van der Waals surface area contributed by atoms with Crippen molar-refractivity contribution in [1.82, 2.24) is 10.2 Å². The van der Waals surface area contributed by atoms with Crippen LogP contribution in [0.4, 0.5) is 10.1 Å². The Morgan fingerprint density at radius 2 is 2.12 bits per heavy atom. The number of amides is 2. The number of piperidine rings is 1. The van der Waals surface area contributed by atoms with Crippen molar-refractivity contribution in [1.29, 1.82) is 0 Å². The first-order valence-electron chi connectivity index (χ1n) is 8.75. The molecule has 2 amide bonds. The Morgan fingerprint density at radius 1 is 1.25 bits per heavy atom. The first-order valence-corrected chi connectivity index (χ1v) is 8.75. The highest BCUT2D eigenvalue weighted by atomic mass is 19.1. The van der Waals surface area contributed by atoms with Gasteiger partial charge in [-0.2, -0.15) is 0 Å². The van der Waals surface area contributed by atoms with Gasteiger partial charge in [-0.15, -0.1) is 0 Å². The molecule has 1 aromatic carbocycles. The molecule has 4 rings (SSSR count). The molecule has 0 unspecified atom stereocenters. The number of carbonyl (C=O) groups is 2. The number of hydrogen-bond donors (Lipinski definition) is 2. The van der Waals surface area contributed by atoms with Crippen LogP contribution in [0.2, 0.25) is 0 Å². The highest BCUT2D eigenvalue weighted by molar-refractivity contribution is 6.01. The molecule has 2 N–H and O–H groups in total. The predicted molar refractivity (Wildman–Crippen MR) is 88.1 cm³/mol. The van der Waals surface area contributed by atoms with Gasteiger partial charge in [0.25, 0.3) is 0 Å². The Morgan fingerprint density at radius 3 is 3.00 bits per heavy atom. The van der Waals surface area contributed by atoms with Crippen molar-refractivity contribution in [3.05, 3.63) is 29.6 Å². The number of anilines is 1. The lowest BCUT2D eigenvalue weighted by molar-refractivity contribution is -0.127. The molecule has 3 atom stereocenters. The Hall–Kier alpha value is -1.95. The van der Waals surface area contributed by atoms with E-state index in [1.54, 1.807) is 6.07 Å². The smallest absolute Gasteiger partial charge is 0.228 e. The fraction of sp³-hybridized carbons (Fsp3) is 0.556. The quantitative estimate of drug-likeness (QED) is 0.871. The molecule has 128 valence electrons. The van der Waals surface area contributed by atoms with E-state index in [0.29, 0.717) is 17.3 Å². The van der Waals surface area contributed by atoms with Gasteiger partial charge in [-0.05, 0) is 43.5 Å². The fourth-order valence-corrected chi connectivity index (χ4v) is 4.37. The van der Waals surface area contributed by atoms with E-state index in [4.69, 9.17) is 0 Å². The first-order chi connectivity index (χ1) is 11.6. The molecule has 3 heterocycles. The van der Waals surface area contributed by atoms with Crippen LogP contribution in [0.15, 0.2) is 18.2 Å². The van der Waals surface area contributed by atoms with Gasteiger partial charge in [0.1, 0.15) is 5.82 Å². The van der Waals surface area contributed by atoms with Crippen molar-refractivity contribution in [3.63, 3.8) is 0 Å². The number of nitrogens with zero attached hydrogens (tertiary/aromatic N) is 1. The minimum absolute atomic E-state index is 0.116. The number of rotatable bonds is 2. The van der Waals surface area contributed by atoms with Crippen molar-refractivity contribution in [3.8, 4) is 0 Å². The zero-order chi connectivity index (χ0) is 16.7. The van der Waals surface area contributed by atoms with Crippen LogP contribution in [-0.2, 0) is 9.59 Å². The number of hydrogen-bond acceptors (Lipinski definition) is 3. The molecule has 0 aromatic heterocycles. The lowest BCUT2D eigenvalue weighted by Crippen LogP contribution is -2.48. The van der Waals surface area contributed by atoms with E-state index in [0.717, 1.165) is 25.9 Å². The minimum atomic E-state index is -0.535. The molecule has 6 heteroatoms. The molecule has 0 spiro atoms. The lowest BCUT2D eigenvalue weighted by Gasteiger charge is -2.33. The Labute approximate surface area is 140 Å². The number of carbonyl (C=O) groups excluding carboxylic acids is 2. The average molecular weight is 331 g/mol. The normalized spacial score (nSPS) is 29.5. The third-order valence-electron chi connectivity index (χ3n) is 5.55. The second-order valence-electron chi connectivity index (χ2n) is 7.04. The van der Waals surface area contributed by atoms with Crippen LogP contribution in [-0.4, -0.2) is 41.9 Å². The summed E-state index contributed by atoms with van der Waals surface area (Å²) in [4.78, 5) is 27.2. The second kappa shape index (κ2) is 6.16. The monoisotopic (exact) mass is 331 g/mol. The molecule has 2 fully saturated rings. The Kier molecular flexibility index (Phi) is 4.00. The van der Waals surface area contributed by atoms with Crippen LogP contribution in [0.1, 0.15) is 43.6 Å². The van der Waals surface area contributed by atoms with E-state index in [2.05, 4.69) is 15.5 Å². The molecule has 5 nitrogen and oxygen atoms in total. The highest BCUT2D eigenvalue weighted by Gasteiger charge is 2.38. The van der Waals surface area contributed by atoms with Crippen LogP contribution in [0, 0.1) is 5.82 Å². The molecule has 2 saturated heterocycles. The van der Waals surface area contributed by atoms with Crippen molar-refractivity contribution >= 4 is 17.5 Å². The molecule has 0 aliphatic carbocycles. The third-order valence-corrected chi connectivity index (χ3v) is 5.55. The maximum Gasteiger partial charge on any atom is 0.228 e. The van der Waals surface area contributed by atoms with Gasteiger partial charge in [-0.1, -0.05) is 12.5 Å². The molecule has 24 heavy (non-hydrogen) atoms. The maximum atomic E-state index is 13.4. The molecule has 1 aromatic rings. The van der Waals surface area contributed by atoms with Gasteiger partial charge in [0.05, 0.1) is 5.92 Å². The molecule has 3 aliphatic rings. The first kappa shape index (κ1) is 15.6. The molecule has 0 radical (unpaired) electrons. The standard InChI is InChI=1S/C18H22FN3O2/c19-11-4-5-12-13(10-17(23)20-15(12)9-11)18(24)21-14-6-8-22-7-2-1-3-16(14)22/h4-5,9,13-14,16H,1-3,6-8,10H2,(H,20,23)(H,21,24)/t13-,14-,16+/m0/s1. The van der Waals surface area contributed by atoms with E-state index in [9.17, 15) is 14.0 Å². The second-order valence-corrected chi connectivity index (χ2v) is 7.04. The summed E-state index contributed by atoms with van der Waals surface area (Å²) in [6.07, 6.45) is 4.65. The van der Waals surface area contributed by atoms with Crippen molar-refractivity contribution in [2.45, 2.75) is 50.1 Å². The fourth-order valence-electron chi connectivity index (χ4n) is 4.37. The van der Waals surface area contributed by atoms with Gasteiger partial charge in [-0.25, -0.2) is 4.39 Å². The predicted octanol–water partition coefficient (Wildman–Crippen LogP) is 1.99. The summed E-state index contributed by atoms with van der Waals surface area (Å²) >= 11 is 0. The minimum Gasteiger partial charge on any atom is -0.351 e. The van der Waals surface area contributed by atoms with Crippen LogP contribution >= 0.6 is 0 Å². The van der Waals surface area contributed by atoms with Crippen molar-refractivity contribution in [2.24, 2.45) is 0 Å². The van der Waals surface area contributed by atoms with Gasteiger partial charge in [0, 0.05) is 30.7 Å². The summed E-state index contributed by atoms with van der Waals surface area (Å²) in [7, 11) is 0. The zero-order valence-electron chi connectivity index (χ0n) is 13.6. The van der Waals surface area contributed by atoms with E-state index in [1.807, 2.05) is 0 Å². The van der Waals surface area contributed by atoms with E-state index < -0.39 is 11.7 Å². The molecular weight excluding hydrogens is 309 g/mol. The van der Waals surface area contributed by atoms with Crippen LogP contribution in [0.5, 0.6) is 0 Å². The van der Waals surface area contributed by atoms with E-state index >= 15 is 0 Å². The van der Waals surface area contributed by atoms with Crippen LogP contribution in [0.25, 0.3) is 0 Å². The number of fused-ring (bicyclic) bond motifs is 2. The van der Waals surface area contributed by atoms with E-state index in [-0.39, 0.29) is 24.3 Å². The maximum absolute atomic E-state index is 13.4. The van der Waals surface area contributed by atoms with E-state index in [1.165, 1.54) is 25.0 Å². The highest BCUT2D eigenvalue weighted by Crippen LogP contribution is 2.34. The van der Waals surface area contributed by atoms with Crippen LogP contribution < -0.4 is 10.6 Å². The van der Waals surface area contributed by atoms with Gasteiger partial charge in [-0.3, -0.25) is 14.5 Å². The summed E-state index contributed by atoms with van der Waals surface area (Å²) in [5.41, 5.74) is 1.11. The summed E-state index contributed by atoms with van der Waals surface area (Å²) in [5, 5.41) is 5.83. The number of halogens is 1. The SMILES string of the molecule is O=C1C[C@H](C(=O)N[C@H]2CCN3CCCC[C@H]23)c2ccc(F)cc2N1. The number of nitrogens with one attached hydrogen (secondary N) is 2. The zero-order valence-corrected chi connectivity index (χ0v) is 13.6. The molecule has 0 saturated carbocycles. The molecule has 0 bridgehead atoms. The van der Waals surface area contributed by atoms with Gasteiger partial charge in [0.15, 0.2) is 0 Å². The summed E-state index contributed by atoms with van der Waals surface area (Å²) in [6, 6.07) is 4.82. The summed E-state index contributed by atoms with van der Waals surface area (Å²) < 4.78 is 13.4. The number of benzene rings is 1. The van der Waals surface area contributed by atoms with Gasteiger partial charge in [0.2, 0.25) is 11.8 Å². The topological polar surface area (TPSA) is 61.4 Å². The lowest BCUT2D eigenvalue weighted by atomic mass is 9.89. The van der Waals surface area contributed by atoms with Crippen molar-refractivity contribution in [2.75, 3.05) is 18.4 Å².